The lowest BCUT2D eigenvalue weighted by atomic mass is 10.0. The van der Waals surface area contributed by atoms with Gasteiger partial charge in [-0.3, -0.25) is 9.59 Å². The fraction of sp³-hybridized carbons (Fsp3) is 0.333. The zero-order valence-corrected chi connectivity index (χ0v) is 20.6. The highest BCUT2D eigenvalue weighted by atomic mass is 35.5. The molecular weight excluding hydrogens is 464 g/mol. The van der Waals surface area contributed by atoms with Crippen LogP contribution in [0.15, 0.2) is 50.8 Å². The number of amides is 1. The fourth-order valence-corrected chi connectivity index (χ4v) is 6.41. The molecule has 0 aliphatic carbocycles. The normalized spacial score (nSPS) is 16.1. The molecule has 0 spiro atoms. The predicted molar refractivity (Wildman–Crippen MR) is 132 cm³/mol. The molecule has 0 saturated carbocycles. The van der Waals surface area contributed by atoms with Gasteiger partial charge in [-0.05, 0) is 53.9 Å². The standard InChI is InChI=1S/C24H25ClN2O3S2/c1-4-17(12-30-3)26-24(29)23-19-11-21(15-7-8-31-13-15)32-22-10-16(25)5-6-18(22)27(19)14(2)9-20(23)28/h5-10,13,17,21H,4,11-12H2,1-3H3,(H,26,29). The lowest BCUT2D eigenvalue weighted by molar-refractivity contribution is 0.0892. The number of nitrogens with zero attached hydrogens (tertiary/aromatic N) is 1. The summed E-state index contributed by atoms with van der Waals surface area (Å²) >= 11 is 9.69. The smallest absolute Gasteiger partial charge is 0.257 e. The summed E-state index contributed by atoms with van der Waals surface area (Å²) in [6.45, 7) is 4.28. The number of carbonyl (C=O) groups is 1. The molecule has 3 heterocycles. The first-order valence-electron chi connectivity index (χ1n) is 10.5. The predicted octanol–water partition coefficient (Wildman–Crippen LogP) is 5.41. The Kier molecular flexibility index (Phi) is 7.10. The van der Waals surface area contributed by atoms with Crippen LogP contribution in [0.3, 0.4) is 0 Å². The van der Waals surface area contributed by atoms with E-state index in [1.807, 2.05) is 42.0 Å². The summed E-state index contributed by atoms with van der Waals surface area (Å²) in [4.78, 5) is 27.5. The molecule has 2 unspecified atom stereocenters. The molecule has 0 radical (unpaired) electrons. The Labute approximate surface area is 200 Å². The summed E-state index contributed by atoms with van der Waals surface area (Å²) in [6.07, 6.45) is 1.26. The van der Waals surface area contributed by atoms with E-state index in [1.54, 1.807) is 36.3 Å². The highest BCUT2D eigenvalue weighted by Crippen LogP contribution is 2.45. The topological polar surface area (TPSA) is 60.3 Å². The van der Waals surface area contributed by atoms with Gasteiger partial charge in [0.05, 0.1) is 18.3 Å². The van der Waals surface area contributed by atoms with Crippen molar-refractivity contribution in [3.05, 3.63) is 78.9 Å². The fourth-order valence-electron chi connectivity index (χ4n) is 4.07. The Hall–Kier alpha value is -2.06. The van der Waals surface area contributed by atoms with Crippen molar-refractivity contribution in [2.75, 3.05) is 13.7 Å². The maximum absolute atomic E-state index is 13.4. The first-order chi connectivity index (χ1) is 15.4. The van der Waals surface area contributed by atoms with Crippen molar-refractivity contribution in [2.24, 2.45) is 0 Å². The van der Waals surface area contributed by atoms with E-state index in [0.29, 0.717) is 24.5 Å². The minimum atomic E-state index is -0.353. The van der Waals surface area contributed by atoms with Gasteiger partial charge in [-0.25, -0.2) is 0 Å². The van der Waals surface area contributed by atoms with E-state index in [9.17, 15) is 9.59 Å². The zero-order valence-electron chi connectivity index (χ0n) is 18.2. The molecule has 1 amide bonds. The maximum Gasteiger partial charge on any atom is 0.257 e. The van der Waals surface area contributed by atoms with Crippen LogP contribution in [-0.4, -0.2) is 30.2 Å². The largest absolute Gasteiger partial charge is 0.383 e. The Morgan fingerprint density at radius 1 is 1.34 bits per heavy atom. The summed E-state index contributed by atoms with van der Waals surface area (Å²) in [5, 5.41) is 7.88. The van der Waals surface area contributed by atoms with Crippen LogP contribution in [-0.2, 0) is 11.2 Å². The number of nitrogens with one attached hydrogen (secondary N) is 1. The first kappa shape index (κ1) is 23.1. The van der Waals surface area contributed by atoms with Gasteiger partial charge in [-0.2, -0.15) is 11.3 Å². The Bertz CT molecular complexity index is 1190. The number of pyridine rings is 1. The lowest BCUT2D eigenvalue weighted by Crippen LogP contribution is -2.41. The summed E-state index contributed by atoms with van der Waals surface area (Å²) in [5.74, 6) is -0.353. The Morgan fingerprint density at radius 2 is 2.16 bits per heavy atom. The van der Waals surface area contributed by atoms with Crippen molar-refractivity contribution in [3.8, 4) is 5.69 Å². The molecule has 3 aromatic rings. The Balaban J connectivity index is 1.91. The molecule has 4 rings (SSSR count). The van der Waals surface area contributed by atoms with E-state index in [4.69, 9.17) is 16.3 Å². The van der Waals surface area contributed by atoms with Crippen molar-refractivity contribution in [3.63, 3.8) is 0 Å². The van der Waals surface area contributed by atoms with E-state index in [0.717, 1.165) is 22.0 Å². The van der Waals surface area contributed by atoms with Gasteiger partial charge < -0.3 is 14.6 Å². The quantitative estimate of drug-likeness (QED) is 0.504. The van der Waals surface area contributed by atoms with Gasteiger partial charge in [0.15, 0.2) is 5.43 Å². The first-order valence-corrected chi connectivity index (χ1v) is 12.7. The molecule has 1 aromatic carbocycles. The highest BCUT2D eigenvalue weighted by molar-refractivity contribution is 7.99. The molecule has 8 heteroatoms. The van der Waals surface area contributed by atoms with Crippen LogP contribution < -0.4 is 10.7 Å². The third-order valence-electron chi connectivity index (χ3n) is 5.65. The number of fused-ring (bicyclic) bond motifs is 3. The second-order valence-corrected chi connectivity index (χ2v) is 10.3. The van der Waals surface area contributed by atoms with Crippen molar-refractivity contribution >= 4 is 40.6 Å². The lowest BCUT2D eigenvalue weighted by Gasteiger charge is -2.21. The number of halogens is 1. The molecule has 0 saturated heterocycles. The second kappa shape index (κ2) is 9.83. The third-order valence-corrected chi connectivity index (χ3v) is 7.89. The molecule has 168 valence electrons. The number of aromatic nitrogens is 1. The van der Waals surface area contributed by atoms with Crippen LogP contribution in [0.2, 0.25) is 5.02 Å². The Morgan fingerprint density at radius 3 is 2.84 bits per heavy atom. The number of methoxy groups -OCH3 is 1. The molecule has 32 heavy (non-hydrogen) atoms. The SMILES string of the molecule is CCC(COC)NC(=O)c1c2n(c(C)cc1=O)-c1ccc(Cl)cc1SC(c1ccsc1)C2. The number of thiophene rings is 1. The van der Waals surface area contributed by atoms with E-state index in [2.05, 4.69) is 16.8 Å². The number of hydrogen-bond donors (Lipinski definition) is 1. The van der Waals surface area contributed by atoms with E-state index >= 15 is 0 Å². The van der Waals surface area contributed by atoms with Crippen LogP contribution in [0.4, 0.5) is 0 Å². The summed E-state index contributed by atoms with van der Waals surface area (Å²) in [6, 6.07) is 9.25. The second-order valence-electron chi connectivity index (χ2n) is 7.82. The van der Waals surface area contributed by atoms with Gasteiger partial charge in [0.1, 0.15) is 5.56 Å². The van der Waals surface area contributed by atoms with Crippen LogP contribution >= 0.6 is 34.7 Å². The number of thioether (sulfide) groups is 1. The van der Waals surface area contributed by atoms with Gasteiger partial charge in [0.25, 0.3) is 5.91 Å². The maximum atomic E-state index is 13.4. The number of rotatable bonds is 6. The molecule has 0 fully saturated rings. The molecule has 2 aromatic heterocycles. The van der Waals surface area contributed by atoms with E-state index < -0.39 is 0 Å². The molecule has 5 nitrogen and oxygen atoms in total. The van der Waals surface area contributed by atoms with Crippen LogP contribution in [0, 0.1) is 6.92 Å². The van der Waals surface area contributed by atoms with E-state index in [1.165, 1.54) is 5.56 Å². The number of aryl methyl sites for hydroxylation is 1. The molecular formula is C24H25ClN2O3S2. The monoisotopic (exact) mass is 488 g/mol. The minimum Gasteiger partial charge on any atom is -0.383 e. The summed E-state index contributed by atoms with van der Waals surface area (Å²) in [7, 11) is 1.60. The van der Waals surface area contributed by atoms with Gasteiger partial charge in [-0.1, -0.05) is 18.5 Å². The average molecular weight is 489 g/mol. The highest BCUT2D eigenvalue weighted by Gasteiger charge is 2.30. The van der Waals surface area contributed by atoms with Crippen molar-refractivity contribution < 1.29 is 9.53 Å². The number of benzene rings is 1. The molecule has 0 bridgehead atoms. The van der Waals surface area contributed by atoms with Crippen molar-refractivity contribution in [1.29, 1.82) is 0 Å². The van der Waals surface area contributed by atoms with Gasteiger partial charge in [-0.15, -0.1) is 11.8 Å². The molecule has 1 aliphatic heterocycles. The number of carbonyl (C=O) groups excluding carboxylic acids is 1. The van der Waals surface area contributed by atoms with Gasteiger partial charge in [0.2, 0.25) is 0 Å². The molecule has 1 N–H and O–H groups in total. The van der Waals surface area contributed by atoms with Crippen molar-refractivity contribution in [2.45, 2.75) is 42.9 Å². The van der Waals surface area contributed by atoms with Gasteiger partial charge in [0, 0.05) is 46.2 Å². The summed E-state index contributed by atoms with van der Waals surface area (Å²) < 4.78 is 7.26. The molecule has 2 atom stereocenters. The number of ether oxygens (including phenoxy) is 1. The average Bonchev–Trinajstić information content (AvgIpc) is 3.23. The van der Waals surface area contributed by atoms with Crippen LogP contribution in [0.25, 0.3) is 5.69 Å². The minimum absolute atomic E-state index is 0.0564. The van der Waals surface area contributed by atoms with E-state index in [-0.39, 0.29) is 28.2 Å². The van der Waals surface area contributed by atoms with Gasteiger partial charge >= 0.3 is 0 Å². The molecule has 1 aliphatic rings. The van der Waals surface area contributed by atoms with Crippen molar-refractivity contribution in [1.82, 2.24) is 9.88 Å². The zero-order chi connectivity index (χ0) is 22.8. The van der Waals surface area contributed by atoms with Crippen LogP contribution in [0.5, 0.6) is 0 Å². The third kappa shape index (κ3) is 4.53. The summed E-state index contributed by atoms with van der Waals surface area (Å²) in [5.41, 5.74) is 3.57. The van der Waals surface area contributed by atoms with Crippen LogP contribution in [0.1, 0.15) is 45.9 Å². The number of hydrogen-bond acceptors (Lipinski definition) is 5.